The fourth-order valence-corrected chi connectivity index (χ4v) is 6.70. The second-order valence-corrected chi connectivity index (χ2v) is 17.4. The second kappa shape index (κ2) is 13.9. The molecule has 1 aromatic heterocycles. The summed E-state index contributed by atoms with van der Waals surface area (Å²) in [6.45, 7) is 20.1. The van der Waals surface area contributed by atoms with E-state index in [0.717, 1.165) is 38.9 Å². The van der Waals surface area contributed by atoms with Gasteiger partial charge in [0.2, 0.25) is 5.89 Å². The molecule has 0 fully saturated rings. The van der Waals surface area contributed by atoms with Gasteiger partial charge in [-0.15, -0.1) is 0 Å². The van der Waals surface area contributed by atoms with Crippen LogP contribution in [0.25, 0.3) is 55.9 Å². The zero-order chi connectivity index (χ0) is 38.4. The van der Waals surface area contributed by atoms with Gasteiger partial charge in [-0.3, -0.25) is 4.99 Å². The first kappa shape index (κ1) is 36.6. The van der Waals surface area contributed by atoms with Gasteiger partial charge in [0, 0.05) is 17.3 Å². The summed E-state index contributed by atoms with van der Waals surface area (Å²) >= 11 is 0. The van der Waals surface area contributed by atoms with Crippen molar-refractivity contribution in [2.24, 2.45) is 4.99 Å². The largest absolute Gasteiger partial charge is 0.507 e. The third kappa shape index (κ3) is 7.66. The number of hydrogen-bond acceptors (Lipinski definition) is 4. The van der Waals surface area contributed by atoms with Crippen molar-refractivity contribution in [3.05, 3.63) is 150 Å². The van der Waals surface area contributed by atoms with Gasteiger partial charge in [-0.1, -0.05) is 153 Å². The first-order valence-electron chi connectivity index (χ1n) is 18.8. The van der Waals surface area contributed by atoms with E-state index in [0.29, 0.717) is 22.7 Å². The molecule has 7 aromatic rings. The zero-order valence-electron chi connectivity index (χ0n) is 33.0. The summed E-state index contributed by atoms with van der Waals surface area (Å²) in [5, 5.41) is 10.7. The fourth-order valence-electron chi connectivity index (χ4n) is 6.70. The molecule has 0 aliphatic heterocycles. The molecule has 0 bridgehead atoms. The van der Waals surface area contributed by atoms with Crippen molar-refractivity contribution in [2.75, 3.05) is 0 Å². The molecule has 6 aromatic carbocycles. The van der Waals surface area contributed by atoms with Gasteiger partial charge in [0.15, 0.2) is 5.58 Å². The van der Waals surface area contributed by atoms with Gasteiger partial charge in [0.25, 0.3) is 0 Å². The minimum absolute atomic E-state index is 0.0446. The Kier molecular flexibility index (Phi) is 9.43. The summed E-state index contributed by atoms with van der Waals surface area (Å²) in [4.78, 5) is 9.93. The van der Waals surface area contributed by atoms with Crippen molar-refractivity contribution in [2.45, 2.75) is 78.6 Å². The number of fused-ring (bicyclic) bond motifs is 1. The van der Waals surface area contributed by atoms with E-state index in [1.807, 2.05) is 42.5 Å². The maximum absolute atomic E-state index is 10.7. The quantitative estimate of drug-likeness (QED) is 0.175. The van der Waals surface area contributed by atoms with Crippen LogP contribution in [0, 0.1) is 0 Å². The molecule has 0 aliphatic carbocycles. The zero-order valence-corrected chi connectivity index (χ0v) is 33.0. The minimum atomic E-state index is -0.0576. The van der Waals surface area contributed by atoms with Crippen LogP contribution in [0.3, 0.4) is 0 Å². The Bertz CT molecular complexity index is 2450. The molecule has 0 unspecified atom stereocenters. The molecule has 54 heavy (non-hydrogen) atoms. The van der Waals surface area contributed by atoms with Gasteiger partial charge < -0.3 is 9.52 Å². The lowest BCUT2D eigenvalue weighted by molar-refractivity contribution is 0.473. The second-order valence-electron chi connectivity index (χ2n) is 17.4. The summed E-state index contributed by atoms with van der Waals surface area (Å²) in [6.07, 6.45) is 1.71. The monoisotopic (exact) mass is 710 g/mol. The molecule has 0 amide bonds. The third-order valence-corrected chi connectivity index (χ3v) is 10.2. The molecular formula is C50H50N2O2. The molecule has 0 saturated carbocycles. The molecule has 0 atom stereocenters. The molecule has 272 valence electrons. The number of aliphatic imine (C=N–C) groups is 1. The Labute approximate surface area is 320 Å². The highest BCUT2D eigenvalue weighted by Gasteiger charge is 2.22. The maximum atomic E-state index is 10.7. The van der Waals surface area contributed by atoms with E-state index >= 15 is 0 Å². The first-order chi connectivity index (χ1) is 25.5. The van der Waals surface area contributed by atoms with Crippen LogP contribution in [0.2, 0.25) is 0 Å². The van der Waals surface area contributed by atoms with Crippen LogP contribution in [0.15, 0.2) is 137 Å². The van der Waals surface area contributed by atoms with Crippen LogP contribution in [0.5, 0.6) is 5.75 Å². The Hall–Kier alpha value is -5.74. The van der Waals surface area contributed by atoms with E-state index in [9.17, 15) is 5.11 Å². The van der Waals surface area contributed by atoms with E-state index in [4.69, 9.17) is 14.4 Å². The van der Waals surface area contributed by atoms with Crippen molar-refractivity contribution in [3.63, 3.8) is 0 Å². The van der Waals surface area contributed by atoms with Crippen LogP contribution in [0.4, 0.5) is 5.69 Å². The van der Waals surface area contributed by atoms with Gasteiger partial charge in [-0.25, -0.2) is 4.98 Å². The molecule has 7 rings (SSSR count). The molecule has 0 aliphatic rings. The van der Waals surface area contributed by atoms with Crippen molar-refractivity contribution in [1.29, 1.82) is 0 Å². The lowest BCUT2D eigenvalue weighted by atomic mass is 9.79. The van der Waals surface area contributed by atoms with E-state index in [-0.39, 0.29) is 22.0 Å². The normalized spacial score (nSPS) is 12.5. The van der Waals surface area contributed by atoms with Gasteiger partial charge in [-0.05, 0) is 97.2 Å². The third-order valence-electron chi connectivity index (χ3n) is 10.2. The number of phenolic OH excluding ortho intramolecular Hbond substituents is 1. The van der Waals surface area contributed by atoms with E-state index < -0.39 is 0 Å². The predicted octanol–water partition coefficient (Wildman–Crippen LogP) is 13.8. The molecule has 4 nitrogen and oxygen atoms in total. The first-order valence-corrected chi connectivity index (χ1v) is 18.8. The summed E-state index contributed by atoms with van der Waals surface area (Å²) in [7, 11) is 0. The number of para-hydroxylation sites is 1. The summed E-state index contributed by atoms with van der Waals surface area (Å²) < 4.78 is 6.61. The Morgan fingerprint density at radius 2 is 1.09 bits per heavy atom. The number of rotatable bonds is 6. The van der Waals surface area contributed by atoms with Crippen LogP contribution >= 0.6 is 0 Å². The Balaban J connectivity index is 1.30. The van der Waals surface area contributed by atoms with Crippen molar-refractivity contribution in [3.8, 4) is 50.6 Å². The van der Waals surface area contributed by atoms with E-state index in [1.54, 1.807) is 12.3 Å². The SMILES string of the molecule is CC(C)(C)c1cc(-c2ccc(-c3cc(-c4ccccc4)c4nc(-c5ccccc5N=Cc5cc(C(C)(C)C)ccc5O)oc4c3)cc2)cc(C(C)(C)C)c1. The molecule has 1 heterocycles. The standard InChI is InChI=1S/C50H50N2O2/c1-48(2,3)38-23-24-44(53)37(27-38)31-51-43-18-14-13-17-41(43)47-52-46-42(34-15-11-10-12-16-34)28-36(29-45(46)54-47)33-21-19-32(20-22-33)35-25-39(49(4,5)6)30-40(26-35)50(7,8)9/h10-31,53H,1-9H3. The summed E-state index contributed by atoms with van der Waals surface area (Å²) in [5.74, 6) is 0.677. The number of aromatic hydroxyl groups is 1. The van der Waals surface area contributed by atoms with Gasteiger partial charge in [0.05, 0.1) is 11.3 Å². The summed E-state index contributed by atoms with van der Waals surface area (Å²) in [6, 6.07) is 44.1. The average molecular weight is 711 g/mol. The predicted molar refractivity (Wildman–Crippen MR) is 227 cm³/mol. The van der Waals surface area contributed by atoms with Crippen LogP contribution in [-0.4, -0.2) is 16.3 Å². The summed E-state index contributed by atoms with van der Waals surface area (Å²) in [5.41, 5.74) is 14.1. The lowest BCUT2D eigenvalue weighted by Crippen LogP contribution is -2.16. The molecular weight excluding hydrogens is 661 g/mol. The number of hydrogen-bond donors (Lipinski definition) is 1. The van der Waals surface area contributed by atoms with Gasteiger partial charge in [-0.2, -0.15) is 0 Å². The maximum Gasteiger partial charge on any atom is 0.229 e. The van der Waals surface area contributed by atoms with Crippen LogP contribution in [0.1, 0.15) is 84.6 Å². The van der Waals surface area contributed by atoms with Crippen molar-refractivity contribution in [1.82, 2.24) is 4.98 Å². The number of phenols is 1. The van der Waals surface area contributed by atoms with Crippen LogP contribution in [-0.2, 0) is 16.2 Å². The van der Waals surface area contributed by atoms with Crippen LogP contribution < -0.4 is 0 Å². The molecule has 0 saturated heterocycles. The average Bonchev–Trinajstić information content (AvgIpc) is 3.57. The highest BCUT2D eigenvalue weighted by Crippen LogP contribution is 2.40. The Morgan fingerprint density at radius 3 is 1.70 bits per heavy atom. The molecule has 4 heteroatoms. The Morgan fingerprint density at radius 1 is 0.519 bits per heavy atom. The smallest absolute Gasteiger partial charge is 0.229 e. The highest BCUT2D eigenvalue weighted by molar-refractivity contribution is 5.97. The lowest BCUT2D eigenvalue weighted by Gasteiger charge is -2.26. The minimum Gasteiger partial charge on any atom is -0.507 e. The number of nitrogens with zero attached hydrogens (tertiary/aromatic N) is 2. The van der Waals surface area contributed by atoms with Crippen molar-refractivity contribution >= 4 is 23.0 Å². The molecule has 0 radical (unpaired) electrons. The number of benzene rings is 6. The topological polar surface area (TPSA) is 58.6 Å². The number of oxazole rings is 1. The van der Waals surface area contributed by atoms with Gasteiger partial charge >= 0.3 is 0 Å². The molecule has 1 N–H and O–H groups in total. The van der Waals surface area contributed by atoms with E-state index in [1.165, 1.54) is 22.3 Å². The van der Waals surface area contributed by atoms with Gasteiger partial charge in [0.1, 0.15) is 11.3 Å². The fraction of sp³-hybridized carbons (Fsp3) is 0.240. The van der Waals surface area contributed by atoms with Crippen molar-refractivity contribution < 1.29 is 9.52 Å². The van der Waals surface area contributed by atoms with E-state index in [2.05, 4.69) is 141 Å². The number of aromatic nitrogens is 1. The molecule has 0 spiro atoms. The highest BCUT2D eigenvalue weighted by atomic mass is 16.3.